The Morgan fingerprint density at radius 1 is 0.574 bits per heavy atom. The molecule has 1 heterocycles. The second kappa shape index (κ2) is 38.0. The fourth-order valence-electron chi connectivity index (χ4n) is 7.42. The molecule has 0 atom stereocenters. The Balaban J connectivity index is 2.24. The highest BCUT2D eigenvalue weighted by Crippen LogP contribution is 2.19. The first-order valence-electron chi connectivity index (χ1n) is 23.5. The van der Waals surface area contributed by atoms with Gasteiger partial charge in [-0.25, -0.2) is 4.98 Å². The van der Waals surface area contributed by atoms with Gasteiger partial charge in [-0.1, -0.05) is 162 Å². The molecule has 0 spiro atoms. The van der Waals surface area contributed by atoms with Gasteiger partial charge in [0.25, 0.3) is 0 Å². The third-order valence-corrected chi connectivity index (χ3v) is 11.1. The normalized spacial score (nSPS) is 11.6. The summed E-state index contributed by atoms with van der Waals surface area (Å²) in [5.74, 6) is 1.13. The molecule has 1 aromatic heterocycles. The van der Waals surface area contributed by atoms with E-state index in [0.29, 0.717) is 19.4 Å². The molecule has 0 saturated heterocycles. The Morgan fingerprint density at radius 2 is 1.00 bits per heavy atom. The van der Waals surface area contributed by atoms with Crippen LogP contribution < -0.4 is 0 Å². The molecular weight excluding hydrogens is 671 g/mol. The lowest BCUT2D eigenvalue weighted by molar-refractivity contribution is -0.150. The number of ether oxygens (including phenoxy) is 2. The molecule has 0 aliphatic carbocycles. The van der Waals surface area contributed by atoms with Crippen molar-refractivity contribution in [3.63, 3.8) is 0 Å². The van der Waals surface area contributed by atoms with Gasteiger partial charge in [0, 0.05) is 32.3 Å². The third-order valence-electron chi connectivity index (χ3n) is 11.1. The number of unbranched alkanes of at least 4 members (excludes halogenated alkanes) is 24. The zero-order valence-electron chi connectivity index (χ0n) is 36.4. The molecule has 0 aliphatic rings. The van der Waals surface area contributed by atoms with Crippen LogP contribution in [0.3, 0.4) is 0 Å². The second-order valence-electron chi connectivity index (χ2n) is 16.3. The lowest BCUT2D eigenvalue weighted by Crippen LogP contribution is -2.27. The van der Waals surface area contributed by atoms with Crippen LogP contribution in [0.15, 0.2) is 12.4 Å². The van der Waals surface area contributed by atoms with Gasteiger partial charge in [0.05, 0.1) is 13.2 Å². The lowest BCUT2D eigenvalue weighted by atomic mass is 10.0. The lowest BCUT2D eigenvalue weighted by Gasteiger charge is -2.22. The van der Waals surface area contributed by atoms with Crippen LogP contribution in [0.1, 0.15) is 238 Å². The van der Waals surface area contributed by atoms with E-state index >= 15 is 0 Å². The number of hydrogen-bond acceptors (Lipinski definition) is 6. The monoisotopic (exact) mass is 760 g/mol. The Hall–Kier alpha value is -1.89. The second-order valence-corrected chi connectivity index (χ2v) is 16.3. The number of imidazole rings is 1. The van der Waals surface area contributed by atoms with Crippen LogP contribution in [0.4, 0.5) is 0 Å². The molecule has 0 fully saturated rings. The number of carbonyl (C=O) groups is 2. The summed E-state index contributed by atoms with van der Waals surface area (Å²) in [7, 11) is 2.08. The number of hydrogen-bond donors (Lipinski definition) is 0. The van der Waals surface area contributed by atoms with Gasteiger partial charge in [-0.15, -0.1) is 0 Å². The van der Waals surface area contributed by atoms with Crippen molar-refractivity contribution in [1.29, 1.82) is 0 Å². The van der Waals surface area contributed by atoms with E-state index in [1.807, 2.05) is 12.4 Å². The molecule has 1 aromatic rings. The molecule has 0 bridgehead atoms. The molecule has 54 heavy (non-hydrogen) atoms. The minimum Gasteiger partial charge on any atom is -0.466 e. The van der Waals surface area contributed by atoms with E-state index in [1.165, 1.54) is 154 Å². The molecule has 0 aromatic carbocycles. The third kappa shape index (κ3) is 31.3. The molecule has 7 heteroatoms. The summed E-state index contributed by atoms with van der Waals surface area (Å²) >= 11 is 0. The molecule has 0 radical (unpaired) electrons. The summed E-state index contributed by atoms with van der Waals surface area (Å²) < 4.78 is 13.6. The van der Waals surface area contributed by atoms with E-state index in [2.05, 4.69) is 42.3 Å². The quantitative estimate of drug-likeness (QED) is 0.0489. The van der Waals surface area contributed by atoms with Crippen LogP contribution in [0.2, 0.25) is 0 Å². The van der Waals surface area contributed by atoms with Crippen LogP contribution in [-0.4, -0.2) is 52.2 Å². The highest BCUT2D eigenvalue weighted by molar-refractivity contribution is 5.69. The molecule has 7 nitrogen and oxygen atoms in total. The Bertz CT molecular complexity index is 951. The van der Waals surface area contributed by atoms with Crippen LogP contribution in [-0.2, 0) is 32.7 Å². The number of rotatable bonds is 41. The van der Waals surface area contributed by atoms with Crippen molar-refractivity contribution in [3.05, 3.63) is 18.2 Å². The number of nitrogens with zero attached hydrogens (tertiary/aromatic N) is 3. The van der Waals surface area contributed by atoms with Gasteiger partial charge < -0.3 is 14.0 Å². The number of esters is 2. The molecular formula is C47H89N3O4. The highest BCUT2D eigenvalue weighted by Gasteiger charge is 2.15. The maximum Gasteiger partial charge on any atom is 0.306 e. The predicted molar refractivity (Wildman–Crippen MR) is 229 cm³/mol. The van der Waals surface area contributed by atoms with E-state index in [4.69, 9.17) is 9.47 Å². The summed E-state index contributed by atoms with van der Waals surface area (Å²) in [6.07, 6.45) is 42.5. The first-order valence-corrected chi connectivity index (χ1v) is 23.5. The zero-order chi connectivity index (χ0) is 39.2. The highest BCUT2D eigenvalue weighted by atomic mass is 16.5. The fraction of sp³-hybridized carbons (Fsp3) is 0.894. The van der Waals surface area contributed by atoms with Crippen LogP contribution in [0.25, 0.3) is 0 Å². The average molecular weight is 760 g/mol. The standard InChI is InChI=1S/C47H89N3O4/c1-5-8-11-14-17-26-33-42-53-46(51)36-29-22-18-24-31-39-50(43-45-48-38-41-49(45)4)40-32-25-19-23-30-37-47(52)54-44(34-27-20-15-12-9-6-2)35-28-21-16-13-10-7-3/h38,41,44H,5-37,39-40,42-43H2,1-4H3. The molecule has 0 aliphatic heterocycles. The largest absolute Gasteiger partial charge is 0.466 e. The van der Waals surface area contributed by atoms with Crippen molar-refractivity contribution in [3.8, 4) is 0 Å². The molecule has 316 valence electrons. The Kier molecular flexibility index (Phi) is 35.3. The molecule has 0 unspecified atom stereocenters. The fourth-order valence-corrected chi connectivity index (χ4v) is 7.42. The van der Waals surface area contributed by atoms with Crippen molar-refractivity contribution in [2.45, 2.75) is 245 Å². The number of aromatic nitrogens is 2. The van der Waals surface area contributed by atoms with Crippen LogP contribution in [0, 0.1) is 0 Å². The summed E-state index contributed by atoms with van der Waals surface area (Å²) in [6, 6.07) is 0. The van der Waals surface area contributed by atoms with Gasteiger partial charge in [-0.05, 0) is 70.9 Å². The minimum absolute atomic E-state index is 0.0200. The Labute approximate surface area is 334 Å². The van der Waals surface area contributed by atoms with E-state index < -0.39 is 0 Å². The summed E-state index contributed by atoms with van der Waals surface area (Å²) in [5, 5.41) is 0. The van der Waals surface area contributed by atoms with Crippen molar-refractivity contribution < 1.29 is 19.1 Å². The van der Waals surface area contributed by atoms with Gasteiger partial charge in [0.2, 0.25) is 0 Å². The number of aryl methyl sites for hydroxylation is 1. The van der Waals surface area contributed by atoms with Gasteiger partial charge in [0.1, 0.15) is 11.9 Å². The first kappa shape index (κ1) is 50.1. The van der Waals surface area contributed by atoms with E-state index in [9.17, 15) is 9.59 Å². The first-order chi connectivity index (χ1) is 26.5. The van der Waals surface area contributed by atoms with Crippen LogP contribution >= 0.6 is 0 Å². The van der Waals surface area contributed by atoms with E-state index in [0.717, 1.165) is 70.4 Å². The van der Waals surface area contributed by atoms with Gasteiger partial charge in [-0.2, -0.15) is 0 Å². The van der Waals surface area contributed by atoms with E-state index in [1.54, 1.807) is 0 Å². The molecule has 0 amide bonds. The summed E-state index contributed by atoms with van der Waals surface area (Å²) in [6.45, 7) is 10.4. The van der Waals surface area contributed by atoms with Gasteiger partial charge in [0.15, 0.2) is 0 Å². The summed E-state index contributed by atoms with van der Waals surface area (Å²) in [4.78, 5) is 32.1. The molecule has 0 saturated carbocycles. The van der Waals surface area contributed by atoms with Crippen molar-refractivity contribution in [2.24, 2.45) is 7.05 Å². The molecule has 0 N–H and O–H groups in total. The maximum atomic E-state index is 12.8. The topological polar surface area (TPSA) is 73.7 Å². The van der Waals surface area contributed by atoms with Crippen molar-refractivity contribution in [2.75, 3.05) is 19.7 Å². The van der Waals surface area contributed by atoms with E-state index in [-0.39, 0.29) is 18.0 Å². The zero-order valence-corrected chi connectivity index (χ0v) is 36.4. The minimum atomic E-state index is -0.0200. The Morgan fingerprint density at radius 3 is 1.48 bits per heavy atom. The van der Waals surface area contributed by atoms with Crippen molar-refractivity contribution >= 4 is 11.9 Å². The predicted octanol–water partition coefficient (Wildman–Crippen LogP) is 13.6. The van der Waals surface area contributed by atoms with Crippen molar-refractivity contribution in [1.82, 2.24) is 14.5 Å². The molecule has 1 rings (SSSR count). The van der Waals surface area contributed by atoms with Gasteiger partial charge >= 0.3 is 11.9 Å². The maximum absolute atomic E-state index is 12.8. The summed E-state index contributed by atoms with van der Waals surface area (Å²) in [5.41, 5.74) is 0. The average Bonchev–Trinajstić information content (AvgIpc) is 3.57. The van der Waals surface area contributed by atoms with Gasteiger partial charge in [-0.3, -0.25) is 14.5 Å². The van der Waals surface area contributed by atoms with Crippen LogP contribution in [0.5, 0.6) is 0 Å². The SMILES string of the molecule is CCCCCCCCCOC(=O)CCCCCCCN(CCCCCCCC(=O)OC(CCCCCCCC)CCCCCCCC)Cc1nccn1C. The smallest absolute Gasteiger partial charge is 0.306 e. The number of carbonyl (C=O) groups excluding carboxylic acids is 2.